The first-order valence-electron chi connectivity index (χ1n) is 4.95. The summed E-state index contributed by atoms with van der Waals surface area (Å²) in [7, 11) is 0. The van der Waals surface area contributed by atoms with Crippen molar-refractivity contribution in [3.63, 3.8) is 0 Å². The number of alkyl halides is 1. The number of hydrogen-bond acceptors (Lipinski definition) is 1. The average Bonchev–Trinajstić information content (AvgIpc) is 2.24. The molecule has 0 fully saturated rings. The SMILES string of the molecule is O=C(CCCCBr)Nc1c(F)cccc1Cl. The number of carbonyl (C=O) groups excluding carboxylic acids is 1. The fourth-order valence-electron chi connectivity index (χ4n) is 1.20. The van der Waals surface area contributed by atoms with Crippen molar-refractivity contribution in [3.05, 3.63) is 29.0 Å². The highest BCUT2D eigenvalue weighted by molar-refractivity contribution is 9.09. The maximum atomic E-state index is 13.3. The van der Waals surface area contributed by atoms with Crippen LogP contribution in [-0.2, 0) is 4.79 Å². The highest BCUT2D eigenvalue weighted by Gasteiger charge is 2.09. The van der Waals surface area contributed by atoms with E-state index in [0.717, 1.165) is 18.2 Å². The van der Waals surface area contributed by atoms with E-state index in [2.05, 4.69) is 21.2 Å². The van der Waals surface area contributed by atoms with Crippen molar-refractivity contribution in [1.82, 2.24) is 0 Å². The molecule has 0 saturated carbocycles. The minimum absolute atomic E-state index is 0.0630. The molecular formula is C11H12BrClFNO. The van der Waals surface area contributed by atoms with Crippen molar-refractivity contribution in [1.29, 1.82) is 0 Å². The number of unbranched alkanes of at least 4 members (excludes halogenated alkanes) is 1. The van der Waals surface area contributed by atoms with Crippen molar-refractivity contribution in [2.75, 3.05) is 10.6 Å². The zero-order valence-corrected chi connectivity index (χ0v) is 10.9. The molecule has 0 aliphatic carbocycles. The predicted molar refractivity (Wildman–Crippen MR) is 67.7 cm³/mol. The molecule has 0 atom stereocenters. The molecule has 0 unspecified atom stereocenters. The maximum absolute atomic E-state index is 13.3. The van der Waals surface area contributed by atoms with Gasteiger partial charge in [-0.15, -0.1) is 0 Å². The summed E-state index contributed by atoms with van der Waals surface area (Å²) in [5, 5.41) is 3.55. The lowest BCUT2D eigenvalue weighted by molar-refractivity contribution is -0.116. The summed E-state index contributed by atoms with van der Waals surface area (Å²) < 4.78 is 13.3. The van der Waals surface area contributed by atoms with Gasteiger partial charge in [-0.1, -0.05) is 33.6 Å². The minimum Gasteiger partial charge on any atom is -0.322 e. The summed E-state index contributed by atoms with van der Waals surface area (Å²) in [6.45, 7) is 0. The minimum atomic E-state index is -0.513. The van der Waals surface area contributed by atoms with Crippen LogP contribution in [0.1, 0.15) is 19.3 Å². The van der Waals surface area contributed by atoms with Gasteiger partial charge in [-0.2, -0.15) is 0 Å². The third-order valence-electron chi connectivity index (χ3n) is 2.01. The van der Waals surface area contributed by atoms with Crippen LogP contribution in [0.5, 0.6) is 0 Å². The first-order chi connectivity index (χ1) is 7.65. The molecule has 0 aliphatic heterocycles. The molecule has 0 heterocycles. The molecular weight excluding hydrogens is 296 g/mol. The molecule has 0 aliphatic rings. The Kier molecular flexibility index (Phi) is 5.77. The fourth-order valence-corrected chi connectivity index (χ4v) is 1.81. The molecule has 1 aromatic carbocycles. The van der Waals surface area contributed by atoms with Gasteiger partial charge in [-0.25, -0.2) is 4.39 Å². The van der Waals surface area contributed by atoms with Crippen LogP contribution in [0.15, 0.2) is 18.2 Å². The van der Waals surface area contributed by atoms with E-state index >= 15 is 0 Å². The number of para-hydroxylation sites is 1. The molecule has 1 N–H and O–H groups in total. The van der Waals surface area contributed by atoms with Gasteiger partial charge in [0.25, 0.3) is 0 Å². The van der Waals surface area contributed by atoms with Crippen LogP contribution in [0.25, 0.3) is 0 Å². The number of nitrogens with one attached hydrogen (secondary N) is 1. The van der Waals surface area contributed by atoms with E-state index in [1.807, 2.05) is 0 Å². The number of anilines is 1. The van der Waals surface area contributed by atoms with Crippen LogP contribution >= 0.6 is 27.5 Å². The number of halogens is 3. The third kappa shape index (κ3) is 4.10. The van der Waals surface area contributed by atoms with Crippen LogP contribution in [0.2, 0.25) is 5.02 Å². The van der Waals surface area contributed by atoms with Gasteiger partial charge in [0.1, 0.15) is 5.82 Å². The zero-order chi connectivity index (χ0) is 12.0. The number of benzene rings is 1. The van der Waals surface area contributed by atoms with Crippen molar-refractivity contribution in [2.45, 2.75) is 19.3 Å². The lowest BCUT2D eigenvalue weighted by atomic mass is 10.2. The molecule has 2 nitrogen and oxygen atoms in total. The molecule has 0 aromatic heterocycles. The maximum Gasteiger partial charge on any atom is 0.224 e. The molecule has 0 radical (unpaired) electrons. The van der Waals surface area contributed by atoms with Gasteiger partial charge in [0.05, 0.1) is 10.7 Å². The highest BCUT2D eigenvalue weighted by atomic mass is 79.9. The molecule has 1 amide bonds. The summed E-state index contributed by atoms with van der Waals surface area (Å²) in [5.41, 5.74) is 0.0630. The molecule has 5 heteroatoms. The van der Waals surface area contributed by atoms with Crippen LogP contribution in [0.4, 0.5) is 10.1 Å². The van der Waals surface area contributed by atoms with E-state index in [4.69, 9.17) is 11.6 Å². The number of rotatable bonds is 5. The summed E-state index contributed by atoms with van der Waals surface area (Å²) in [6.07, 6.45) is 2.05. The van der Waals surface area contributed by atoms with Crippen molar-refractivity contribution >= 4 is 39.1 Å². The normalized spacial score (nSPS) is 10.2. The Hall–Kier alpha value is -0.610. The monoisotopic (exact) mass is 307 g/mol. The second-order valence-corrected chi connectivity index (χ2v) is 4.49. The Morgan fingerprint density at radius 1 is 1.44 bits per heavy atom. The molecule has 1 rings (SSSR count). The molecule has 88 valence electrons. The molecule has 1 aromatic rings. The second kappa shape index (κ2) is 6.86. The Bertz CT molecular complexity index is 353. The summed E-state index contributed by atoms with van der Waals surface area (Å²) >= 11 is 9.05. The first-order valence-corrected chi connectivity index (χ1v) is 6.45. The van der Waals surface area contributed by atoms with Crippen LogP contribution in [0, 0.1) is 5.82 Å². The van der Waals surface area contributed by atoms with E-state index in [1.54, 1.807) is 6.07 Å². The van der Waals surface area contributed by atoms with E-state index in [1.165, 1.54) is 12.1 Å². The standard InChI is InChI=1S/C11H12BrClFNO/c12-7-2-1-6-10(16)15-11-8(13)4-3-5-9(11)14/h3-5H,1-2,6-7H2,(H,15,16). The van der Waals surface area contributed by atoms with Gasteiger partial charge in [-0.05, 0) is 25.0 Å². The predicted octanol–water partition coefficient (Wildman–Crippen LogP) is 3.98. The number of amides is 1. The summed E-state index contributed by atoms with van der Waals surface area (Å²) in [4.78, 5) is 11.4. The lowest BCUT2D eigenvalue weighted by Gasteiger charge is -2.07. The van der Waals surface area contributed by atoms with Crippen molar-refractivity contribution in [3.8, 4) is 0 Å². The first kappa shape index (κ1) is 13.5. The van der Waals surface area contributed by atoms with Gasteiger partial charge in [0, 0.05) is 11.8 Å². The largest absolute Gasteiger partial charge is 0.322 e. The Labute approximate surface area is 107 Å². The molecule has 16 heavy (non-hydrogen) atoms. The summed E-state index contributed by atoms with van der Waals surface area (Å²) in [5.74, 6) is -0.728. The van der Waals surface area contributed by atoms with Gasteiger partial charge >= 0.3 is 0 Å². The third-order valence-corrected chi connectivity index (χ3v) is 2.89. The summed E-state index contributed by atoms with van der Waals surface area (Å²) in [6, 6.07) is 4.30. The van der Waals surface area contributed by atoms with Gasteiger partial charge < -0.3 is 5.32 Å². The van der Waals surface area contributed by atoms with Crippen molar-refractivity contribution < 1.29 is 9.18 Å². The smallest absolute Gasteiger partial charge is 0.224 e. The molecule has 0 spiro atoms. The van der Waals surface area contributed by atoms with Gasteiger partial charge in [-0.3, -0.25) is 4.79 Å². The Morgan fingerprint density at radius 3 is 2.81 bits per heavy atom. The topological polar surface area (TPSA) is 29.1 Å². The van der Waals surface area contributed by atoms with Crippen molar-refractivity contribution in [2.24, 2.45) is 0 Å². The van der Waals surface area contributed by atoms with E-state index in [0.29, 0.717) is 6.42 Å². The Morgan fingerprint density at radius 2 is 2.19 bits per heavy atom. The quantitative estimate of drug-likeness (QED) is 0.647. The number of hydrogen-bond donors (Lipinski definition) is 1. The van der Waals surface area contributed by atoms with E-state index < -0.39 is 5.82 Å². The van der Waals surface area contributed by atoms with E-state index in [-0.39, 0.29) is 16.6 Å². The molecule has 0 saturated heterocycles. The van der Waals surface area contributed by atoms with Gasteiger partial charge in [0.2, 0.25) is 5.91 Å². The zero-order valence-electron chi connectivity index (χ0n) is 8.60. The highest BCUT2D eigenvalue weighted by Crippen LogP contribution is 2.24. The average molecular weight is 309 g/mol. The van der Waals surface area contributed by atoms with Gasteiger partial charge in [0.15, 0.2) is 0 Å². The number of carbonyl (C=O) groups is 1. The molecule has 0 bridgehead atoms. The lowest BCUT2D eigenvalue weighted by Crippen LogP contribution is -2.12. The Balaban J connectivity index is 2.56. The van der Waals surface area contributed by atoms with Crippen LogP contribution in [0.3, 0.4) is 0 Å². The fraction of sp³-hybridized carbons (Fsp3) is 0.364. The van der Waals surface area contributed by atoms with E-state index in [9.17, 15) is 9.18 Å². The second-order valence-electron chi connectivity index (χ2n) is 3.29. The van der Waals surface area contributed by atoms with Crippen LogP contribution in [-0.4, -0.2) is 11.2 Å². The van der Waals surface area contributed by atoms with Crippen LogP contribution < -0.4 is 5.32 Å².